The molecule has 2 aliphatic heterocycles. The third-order valence-corrected chi connectivity index (χ3v) is 6.37. The Kier molecular flexibility index (Phi) is 3.46. The molecule has 25 heavy (non-hydrogen) atoms. The van der Waals surface area contributed by atoms with Crippen molar-refractivity contribution in [3.63, 3.8) is 0 Å². The molecule has 2 heterocycles. The molecular formula is C22H24N2O. The van der Waals surface area contributed by atoms with E-state index in [1.165, 1.54) is 27.8 Å². The molecule has 0 N–H and O–H groups in total. The van der Waals surface area contributed by atoms with Crippen LogP contribution in [0, 0.1) is 5.92 Å². The molecular weight excluding hydrogens is 308 g/mol. The number of hydrogen-bond acceptors (Lipinski definition) is 2. The summed E-state index contributed by atoms with van der Waals surface area (Å²) < 4.78 is 0. The van der Waals surface area contributed by atoms with Crippen LogP contribution < -0.4 is 0 Å². The summed E-state index contributed by atoms with van der Waals surface area (Å²) in [5.74, 6) is 0.845. The van der Waals surface area contributed by atoms with Crippen molar-refractivity contribution in [2.45, 2.75) is 31.8 Å². The summed E-state index contributed by atoms with van der Waals surface area (Å²) in [6.45, 7) is 3.15. The van der Waals surface area contributed by atoms with Gasteiger partial charge in [0.05, 0.1) is 0 Å². The summed E-state index contributed by atoms with van der Waals surface area (Å²) in [5, 5.41) is 0. The summed E-state index contributed by atoms with van der Waals surface area (Å²) in [6, 6.07) is 16.2. The molecule has 2 saturated heterocycles. The molecule has 3 aliphatic rings. The van der Waals surface area contributed by atoms with Gasteiger partial charge in [-0.3, -0.25) is 9.69 Å². The first kappa shape index (κ1) is 15.2. The normalized spacial score (nSPS) is 25.0. The molecule has 0 unspecified atom stereocenters. The predicted octanol–water partition coefficient (Wildman–Crippen LogP) is 3.31. The highest BCUT2D eigenvalue weighted by molar-refractivity contribution is 5.79. The lowest BCUT2D eigenvalue weighted by Gasteiger charge is -2.36. The number of amides is 1. The van der Waals surface area contributed by atoms with Gasteiger partial charge in [-0.1, -0.05) is 42.5 Å². The number of piperidine rings is 1. The summed E-state index contributed by atoms with van der Waals surface area (Å²) in [6.07, 6.45) is 2.91. The number of likely N-dealkylation sites (tertiary alicyclic amines) is 2. The van der Waals surface area contributed by atoms with Crippen LogP contribution in [0.4, 0.5) is 0 Å². The van der Waals surface area contributed by atoms with Gasteiger partial charge in [0.1, 0.15) is 0 Å². The van der Waals surface area contributed by atoms with Crippen molar-refractivity contribution in [1.29, 1.82) is 0 Å². The SMILES string of the molecule is CN1C(=O)C[C@@H]2CN(Cc3ccc4c(c3)Cc3ccccc3-4)CC[C@@H]21. The number of hydrogen-bond donors (Lipinski definition) is 0. The maximum Gasteiger partial charge on any atom is 0.222 e. The van der Waals surface area contributed by atoms with E-state index >= 15 is 0 Å². The third-order valence-electron chi connectivity index (χ3n) is 6.37. The molecule has 0 spiro atoms. The van der Waals surface area contributed by atoms with Crippen LogP contribution in [-0.2, 0) is 17.8 Å². The zero-order valence-corrected chi connectivity index (χ0v) is 14.7. The van der Waals surface area contributed by atoms with E-state index in [2.05, 4.69) is 47.4 Å². The van der Waals surface area contributed by atoms with Crippen molar-refractivity contribution in [2.24, 2.45) is 5.92 Å². The molecule has 0 saturated carbocycles. The maximum absolute atomic E-state index is 11.9. The van der Waals surface area contributed by atoms with E-state index < -0.39 is 0 Å². The number of nitrogens with zero attached hydrogens (tertiary/aromatic N) is 2. The molecule has 3 nitrogen and oxygen atoms in total. The van der Waals surface area contributed by atoms with E-state index in [9.17, 15) is 4.79 Å². The standard InChI is InChI=1S/C22H24N2O/c1-23-21-8-9-24(14-18(21)12-22(23)25)13-15-6-7-20-17(10-15)11-16-4-2-3-5-19(16)20/h2-7,10,18,21H,8-9,11-14H2,1H3/t18-,21+/m1/s1. The van der Waals surface area contributed by atoms with Gasteiger partial charge in [0.15, 0.2) is 0 Å². The highest BCUT2D eigenvalue weighted by atomic mass is 16.2. The molecule has 0 bridgehead atoms. The quantitative estimate of drug-likeness (QED) is 0.719. The van der Waals surface area contributed by atoms with Gasteiger partial charge in [-0.25, -0.2) is 0 Å². The fraction of sp³-hybridized carbons (Fsp3) is 0.409. The van der Waals surface area contributed by atoms with Gasteiger partial charge >= 0.3 is 0 Å². The summed E-state index contributed by atoms with van der Waals surface area (Å²) >= 11 is 0. The lowest BCUT2D eigenvalue weighted by Crippen LogP contribution is -2.44. The Morgan fingerprint density at radius 1 is 1.08 bits per heavy atom. The Labute approximate surface area is 149 Å². The summed E-state index contributed by atoms with van der Waals surface area (Å²) in [5.41, 5.74) is 7.12. The topological polar surface area (TPSA) is 23.6 Å². The van der Waals surface area contributed by atoms with Crippen LogP contribution >= 0.6 is 0 Å². The first-order valence-electron chi connectivity index (χ1n) is 9.37. The van der Waals surface area contributed by atoms with E-state index in [1.54, 1.807) is 0 Å². The number of rotatable bonds is 2. The van der Waals surface area contributed by atoms with Crippen molar-refractivity contribution in [3.8, 4) is 11.1 Å². The number of carbonyl (C=O) groups excluding carboxylic acids is 1. The average molecular weight is 332 g/mol. The lowest BCUT2D eigenvalue weighted by molar-refractivity contribution is -0.127. The highest BCUT2D eigenvalue weighted by Crippen LogP contribution is 2.37. The molecule has 2 aromatic carbocycles. The van der Waals surface area contributed by atoms with Crippen molar-refractivity contribution >= 4 is 5.91 Å². The van der Waals surface area contributed by atoms with Crippen molar-refractivity contribution in [3.05, 3.63) is 59.2 Å². The molecule has 128 valence electrons. The smallest absolute Gasteiger partial charge is 0.222 e. The molecule has 0 aromatic heterocycles. The Balaban J connectivity index is 1.32. The minimum atomic E-state index is 0.326. The minimum absolute atomic E-state index is 0.326. The predicted molar refractivity (Wildman–Crippen MR) is 99.2 cm³/mol. The van der Waals surface area contributed by atoms with Crippen LogP contribution in [0.25, 0.3) is 11.1 Å². The number of benzene rings is 2. The van der Waals surface area contributed by atoms with Gasteiger partial charge in [-0.05, 0) is 40.7 Å². The fourth-order valence-electron chi connectivity index (χ4n) is 5.06. The second-order valence-corrected chi connectivity index (χ2v) is 7.89. The second kappa shape index (κ2) is 5.70. The van der Waals surface area contributed by atoms with Gasteiger partial charge in [0, 0.05) is 45.1 Å². The van der Waals surface area contributed by atoms with Crippen LogP contribution in [0.15, 0.2) is 42.5 Å². The molecule has 3 heteroatoms. The van der Waals surface area contributed by atoms with Crippen LogP contribution in [0.5, 0.6) is 0 Å². The van der Waals surface area contributed by atoms with Gasteiger partial charge in [0.25, 0.3) is 0 Å². The monoisotopic (exact) mass is 332 g/mol. The van der Waals surface area contributed by atoms with Gasteiger partial charge in [-0.2, -0.15) is 0 Å². The zero-order chi connectivity index (χ0) is 17.0. The Morgan fingerprint density at radius 3 is 2.84 bits per heavy atom. The van der Waals surface area contributed by atoms with E-state index in [4.69, 9.17) is 0 Å². The molecule has 1 aliphatic carbocycles. The molecule has 2 aromatic rings. The third kappa shape index (κ3) is 2.49. The number of fused-ring (bicyclic) bond motifs is 4. The van der Waals surface area contributed by atoms with Crippen molar-refractivity contribution < 1.29 is 4.79 Å². The van der Waals surface area contributed by atoms with Crippen molar-refractivity contribution in [2.75, 3.05) is 20.1 Å². The Hall–Kier alpha value is -2.13. The van der Waals surface area contributed by atoms with E-state index in [0.29, 0.717) is 17.9 Å². The Morgan fingerprint density at radius 2 is 1.92 bits per heavy atom. The largest absolute Gasteiger partial charge is 0.342 e. The number of carbonyl (C=O) groups is 1. The minimum Gasteiger partial charge on any atom is -0.342 e. The van der Waals surface area contributed by atoms with Crippen LogP contribution in [0.3, 0.4) is 0 Å². The van der Waals surface area contributed by atoms with Crippen LogP contribution in [0.1, 0.15) is 29.5 Å². The zero-order valence-electron chi connectivity index (χ0n) is 14.7. The molecule has 2 fully saturated rings. The van der Waals surface area contributed by atoms with Crippen LogP contribution in [-0.4, -0.2) is 41.9 Å². The second-order valence-electron chi connectivity index (χ2n) is 7.89. The first-order chi connectivity index (χ1) is 12.2. The lowest BCUT2D eigenvalue weighted by atomic mass is 9.92. The van der Waals surface area contributed by atoms with Crippen molar-refractivity contribution in [1.82, 2.24) is 9.80 Å². The highest BCUT2D eigenvalue weighted by Gasteiger charge is 2.40. The summed E-state index contributed by atoms with van der Waals surface area (Å²) in [4.78, 5) is 16.5. The molecule has 1 amide bonds. The maximum atomic E-state index is 11.9. The molecule has 2 atom stereocenters. The first-order valence-corrected chi connectivity index (χ1v) is 9.37. The summed E-state index contributed by atoms with van der Waals surface area (Å²) in [7, 11) is 1.97. The van der Waals surface area contributed by atoms with E-state index in [-0.39, 0.29) is 0 Å². The van der Waals surface area contributed by atoms with E-state index in [1.807, 2.05) is 11.9 Å². The van der Waals surface area contributed by atoms with Gasteiger partial charge < -0.3 is 4.90 Å². The fourth-order valence-corrected chi connectivity index (χ4v) is 5.06. The molecule has 0 radical (unpaired) electrons. The van der Waals surface area contributed by atoms with E-state index in [0.717, 1.165) is 38.9 Å². The van der Waals surface area contributed by atoms with Crippen LogP contribution in [0.2, 0.25) is 0 Å². The average Bonchev–Trinajstić information content (AvgIpc) is 3.12. The van der Waals surface area contributed by atoms with Gasteiger partial charge in [-0.15, -0.1) is 0 Å². The molecule has 5 rings (SSSR count). The van der Waals surface area contributed by atoms with Gasteiger partial charge in [0.2, 0.25) is 5.91 Å². The Bertz CT molecular complexity index is 844.